The first-order chi connectivity index (χ1) is 20.2. The molecular weight excluding hydrogens is 573 g/mol. The molecule has 4 aromatic rings. The zero-order valence-corrected chi connectivity index (χ0v) is 24.7. The molecular formula is C33H31ClFN3O3S. The molecule has 6 rings (SSSR count). The van der Waals surface area contributed by atoms with Crippen molar-refractivity contribution in [3.8, 4) is 0 Å². The molecule has 1 heterocycles. The molecule has 3 aromatic carbocycles. The molecule has 2 aliphatic carbocycles. The normalized spacial score (nSPS) is 19.6. The number of pyridine rings is 1. The van der Waals surface area contributed by atoms with Crippen LogP contribution in [0.5, 0.6) is 0 Å². The van der Waals surface area contributed by atoms with Crippen LogP contribution in [0.15, 0.2) is 89.8 Å². The lowest BCUT2D eigenvalue weighted by Crippen LogP contribution is -2.34. The van der Waals surface area contributed by atoms with E-state index in [9.17, 15) is 17.6 Å². The SMILES string of the molecule is Cc1cccc(CN(C(=O)C2CC2c2ccccc2)c2ccc3c(c2)C(NS(=O)(=O)c2ccc(F)c(Cl)c2)CCC3)n1. The Kier molecular flexibility index (Phi) is 7.87. The van der Waals surface area contributed by atoms with Crippen molar-refractivity contribution in [2.75, 3.05) is 4.90 Å². The van der Waals surface area contributed by atoms with Crippen molar-refractivity contribution < 1.29 is 17.6 Å². The van der Waals surface area contributed by atoms with E-state index in [-0.39, 0.29) is 27.7 Å². The van der Waals surface area contributed by atoms with Crippen LogP contribution in [0, 0.1) is 18.7 Å². The maximum Gasteiger partial charge on any atom is 0.241 e. The predicted octanol–water partition coefficient (Wildman–Crippen LogP) is 6.88. The van der Waals surface area contributed by atoms with E-state index in [2.05, 4.69) is 21.8 Å². The fourth-order valence-corrected chi connectivity index (χ4v) is 7.38. The first-order valence-electron chi connectivity index (χ1n) is 14.1. The standard InChI is InChI=1S/C33H31ClFN3O3S/c1-21-7-5-11-24(36-21)20-38(33(39)29-19-27(29)22-8-3-2-4-9-22)25-14-13-23-10-6-12-32(28(23)17-25)37-42(40,41)26-15-16-31(35)30(34)18-26/h2-5,7-9,11,13-18,27,29,32,37H,6,10,12,19-20H2,1H3. The summed E-state index contributed by atoms with van der Waals surface area (Å²) < 4.78 is 43.1. The summed E-state index contributed by atoms with van der Waals surface area (Å²) >= 11 is 5.88. The summed E-state index contributed by atoms with van der Waals surface area (Å²) in [6.45, 7) is 2.23. The Morgan fingerprint density at radius 1 is 1.05 bits per heavy atom. The van der Waals surface area contributed by atoms with E-state index >= 15 is 0 Å². The maximum absolute atomic E-state index is 14.0. The molecule has 1 aromatic heterocycles. The van der Waals surface area contributed by atoms with E-state index in [1.54, 1.807) is 4.90 Å². The van der Waals surface area contributed by atoms with Gasteiger partial charge in [0.25, 0.3) is 0 Å². The Hall–Kier alpha value is -3.59. The van der Waals surface area contributed by atoms with Crippen LogP contribution < -0.4 is 9.62 Å². The summed E-state index contributed by atoms with van der Waals surface area (Å²) in [6.07, 6.45) is 2.99. The van der Waals surface area contributed by atoms with Gasteiger partial charge in [0.2, 0.25) is 15.9 Å². The molecule has 3 unspecified atom stereocenters. The summed E-state index contributed by atoms with van der Waals surface area (Å²) in [4.78, 5) is 20.4. The van der Waals surface area contributed by atoms with Gasteiger partial charge in [0, 0.05) is 23.3 Å². The minimum Gasteiger partial charge on any atom is -0.306 e. The van der Waals surface area contributed by atoms with Crippen LogP contribution in [-0.2, 0) is 27.8 Å². The van der Waals surface area contributed by atoms with E-state index in [1.165, 1.54) is 6.07 Å². The Morgan fingerprint density at radius 2 is 1.86 bits per heavy atom. The number of amides is 1. The minimum absolute atomic E-state index is 0.0287. The lowest BCUT2D eigenvalue weighted by atomic mass is 9.87. The van der Waals surface area contributed by atoms with Crippen molar-refractivity contribution in [3.63, 3.8) is 0 Å². The molecule has 1 saturated carbocycles. The average Bonchev–Trinajstić information content (AvgIpc) is 3.79. The van der Waals surface area contributed by atoms with E-state index in [1.807, 2.05) is 61.5 Å². The van der Waals surface area contributed by atoms with Gasteiger partial charge in [-0.2, -0.15) is 0 Å². The highest BCUT2D eigenvalue weighted by Crippen LogP contribution is 2.49. The summed E-state index contributed by atoms with van der Waals surface area (Å²) in [5.74, 6) is -0.612. The van der Waals surface area contributed by atoms with E-state index in [4.69, 9.17) is 11.6 Å². The Balaban J connectivity index is 1.32. The summed E-state index contributed by atoms with van der Waals surface area (Å²) in [7, 11) is -3.98. The number of aromatic nitrogens is 1. The zero-order valence-electron chi connectivity index (χ0n) is 23.1. The first kappa shape index (κ1) is 28.5. The molecule has 3 atom stereocenters. The Bertz CT molecular complexity index is 1750. The van der Waals surface area contributed by atoms with E-state index in [0.717, 1.165) is 59.5 Å². The monoisotopic (exact) mass is 603 g/mol. The number of sulfonamides is 1. The molecule has 1 N–H and O–H groups in total. The number of aryl methyl sites for hydroxylation is 2. The highest BCUT2D eigenvalue weighted by molar-refractivity contribution is 7.89. The van der Waals surface area contributed by atoms with Gasteiger partial charge in [-0.1, -0.05) is 54.1 Å². The lowest BCUT2D eigenvalue weighted by Gasteiger charge is -2.29. The topological polar surface area (TPSA) is 79.4 Å². The number of carbonyl (C=O) groups is 1. The number of benzene rings is 3. The second-order valence-corrected chi connectivity index (χ2v) is 13.2. The molecule has 0 aliphatic heterocycles. The Labute approximate surface area is 250 Å². The number of anilines is 1. The smallest absolute Gasteiger partial charge is 0.241 e. The third-order valence-corrected chi connectivity index (χ3v) is 9.88. The third kappa shape index (κ3) is 5.98. The van der Waals surface area contributed by atoms with Crippen molar-refractivity contribution in [1.82, 2.24) is 9.71 Å². The maximum atomic E-state index is 14.0. The predicted molar refractivity (Wildman–Crippen MR) is 161 cm³/mol. The number of hydrogen-bond donors (Lipinski definition) is 1. The number of nitrogens with zero attached hydrogens (tertiary/aromatic N) is 2. The van der Waals surface area contributed by atoms with Gasteiger partial charge in [0.05, 0.1) is 22.2 Å². The Morgan fingerprint density at radius 3 is 2.62 bits per heavy atom. The van der Waals surface area contributed by atoms with Crippen molar-refractivity contribution in [2.24, 2.45) is 5.92 Å². The van der Waals surface area contributed by atoms with E-state index in [0.29, 0.717) is 18.7 Å². The van der Waals surface area contributed by atoms with Gasteiger partial charge in [-0.3, -0.25) is 9.78 Å². The quantitative estimate of drug-likeness (QED) is 0.238. The number of halogens is 2. The molecule has 0 bridgehead atoms. The van der Waals surface area contributed by atoms with Crippen molar-refractivity contribution in [1.29, 1.82) is 0 Å². The van der Waals surface area contributed by atoms with Crippen LogP contribution in [-0.4, -0.2) is 19.3 Å². The first-order valence-corrected chi connectivity index (χ1v) is 15.9. The molecule has 0 saturated heterocycles. The van der Waals surface area contributed by atoms with Gasteiger partial charge < -0.3 is 4.90 Å². The fraction of sp³-hybridized carbons (Fsp3) is 0.273. The zero-order chi connectivity index (χ0) is 29.4. The second kappa shape index (κ2) is 11.6. The molecule has 216 valence electrons. The number of carbonyl (C=O) groups excluding carboxylic acids is 1. The summed E-state index contributed by atoms with van der Waals surface area (Å²) in [5.41, 5.74) is 5.38. The van der Waals surface area contributed by atoms with Crippen LogP contribution in [0.4, 0.5) is 10.1 Å². The van der Waals surface area contributed by atoms with Crippen LogP contribution in [0.2, 0.25) is 5.02 Å². The van der Waals surface area contributed by atoms with Crippen molar-refractivity contribution in [2.45, 2.75) is 56.0 Å². The number of nitrogens with one attached hydrogen (secondary N) is 1. The van der Waals surface area contributed by atoms with Crippen LogP contribution >= 0.6 is 11.6 Å². The fourth-order valence-electron chi connectivity index (χ4n) is 5.86. The average molecular weight is 604 g/mol. The largest absolute Gasteiger partial charge is 0.306 e. The molecule has 0 spiro atoms. The van der Waals surface area contributed by atoms with Crippen LogP contribution in [0.25, 0.3) is 0 Å². The van der Waals surface area contributed by atoms with Gasteiger partial charge in [-0.05, 0) is 97.7 Å². The summed E-state index contributed by atoms with van der Waals surface area (Å²) in [5, 5.41) is -0.253. The summed E-state index contributed by atoms with van der Waals surface area (Å²) in [6, 6.07) is 24.6. The molecule has 2 aliphatic rings. The highest BCUT2D eigenvalue weighted by Gasteiger charge is 2.46. The lowest BCUT2D eigenvalue weighted by molar-refractivity contribution is -0.120. The molecule has 42 heavy (non-hydrogen) atoms. The van der Waals surface area contributed by atoms with Crippen molar-refractivity contribution >= 4 is 33.2 Å². The molecule has 1 amide bonds. The number of rotatable bonds is 8. The van der Waals surface area contributed by atoms with Gasteiger partial charge in [0.15, 0.2) is 0 Å². The van der Waals surface area contributed by atoms with Crippen LogP contribution in [0.3, 0.4) is 0 Å². The molecule has 0 radical (unpaired) electrons. The second-order valence-electron chi connectivity index (χ2n) is 11.1. The van der Waals surface area contributed by atoms with Gasteiger partial charge >= 0.3 is 0 Å². The van der Waals surface area contributed by atoms with Crippen molar-refractivity contribution in [3.05, 3.63) is 124 Å². The van der Waals surface area contributed by atoms with Crippen LogP contribution in [0.1, 0.15) is 59.3 Å². The highest BCUT2D eigenvalue weighted by atomic mass is 35.5. The number of hydrogen-bond acceptors (Lipinski definition) is 4. The molecule has 1 fully saturated rings. The number of fused-ring (bicyclic) bond motifs is 1. The van der Waals surface area contributed by atoms with E-state index < -0.39 is 21.9 Å². The van der Waals surface area contributed by atoms with Gasteiger partial charge in [-0.15, -0.1) is 0 Å². The van der Waals surface area contributed by atoms with Gasteiger partial charge in [0.1, 0.15) is 5.82 Å². The molecule has 9 heteroatoms. The minimum atomic E-state index is -3.98. The molecule has 6 nitrogen and oxygen atoms in total. The third-order valence-electron chi connectivity index (χ3n) is 8.12. The van der Waals surface area contributed by atoms with Gasteiger partial charge in [-0.25, -0.2) is 17.5 Å².